The molecule has 2 aromatic heterocycles. The standard InChI is InChI=1S/C35H38N6O3/c1-34-17-40(31(42)27-25-15-13-21-9-5-7-11-23(21)29(25)38(3)36-27)19-35(2,33(34)44)20-41(18-34)32(43)28-26-16-14-22-10-6-8-12-24(22)30(26)39(4)37-28/h5-12,33,44H,13-20H2,1-4H3. The van der Waals surface area contributed by atoms with E-state index in [0.717, 1.165) is 59.3 Å². The summed E-state index contributed by atoms with van der Waals surface area (Å²) < 4.78 is 3.69. The van der Waals surface area contributed by atoms with Gasteiger partial charge in [-0.3, -0.25) is 19.0 Å². The fourth-order valence-corrected chi connectivity index (χ4v) is 8.81. The van der Waals surface area contributed by atoms with Crippen LogP contribution in [0.3, 0.4) is 0 Å². The second-order valence-electron chi connectivity index (χ2n) is 13.9. The van der Waals surface area contributed by atoms with E-state index >= 15 is 0 Å². The molecule has 0 unspecified atom stereocenters. The summed E-state index contributed by atoms with van der Waals surface area (Å²) in [5.41, 5.74) is 8.50. The van der Waals surface area contributed by atoms with Gasteiger partial charge in [-0.25, -0.2) is 0 Å². The van der Waals surface area contributed by atoms with Gasteiger partial charge in [0.15, 0.2) is 11.4 Å². The Morgan fingerprint density at radius 1 is 0.682 bits per heavy atom. The Labute approximate surface area is 257 Å². The first-order chi connectivity index (χ1) is 21.1. The van der Waals surface area contributed by atoms with Crippen molar-refractivity contribution in [3.8, 4) is 22.5 Å². The van der Waals surface area contributed by atoms with Gasteiger partial charge in [-0.2, -0.15) is 10.2 Å². The third kappa shape index (κ3) is 3.81. The van der Waals surface area contributed by atoms with Crippen molar-refractivity contribution >= 4 is 11.8 Å². The molecule has 2 aliphatic carbocycles. The minimum absolute atomic E-state index is 0.0946. The maximum Gasteiger partial charge on any atom is 0.274 e. The van der Waals surface area contributed by atoms with Crippen LogP contribution < -0.4 is 0 Å². The Morgan fingerprint density at radius 3 is 1.48 bits per heavy atom. The van der Waals surface area contributed by atoms with Crippen molar-refractivity contribution in [1.82, 2.24) is 29.4 Å². The first-order valence-corrected chi connectivity index (χ1v) is 15.6. The molecule has 226 valence electrons. The molecule has 4 aliphatic rings. The predicted octanol–water partition coefficient (Wildman–Crippen LogP) is 3.67. The topological polar surface area (TPSA) is 96.5 Å². The number of hydrogen-bond acceptors (Lipinski definition) is 5. The van der Waals surface area contributed by atoms with E-state index in [0.29, 0.717) is 37.6 Å². The van der Waals surface area contributed by atoms with Gasteiger partial charge in [0.05, 0.1) is 17.5 Å². The zero-order valence-corrected chi connectivity index (χ0v) is 25.8. The van der Waals surface area contributed by atoms with Crippen LogP contribution in [0.2, 0.25) is 0 Å². The number of aromatic nitrogens is 4. The van der Waals surface area contributed by atoms with Gasteiger partial charge in [0.25, 0.3) is 11.8 Å². The van der Waals surface area contributed by atoms with Crippen molar-refractivity contribution in [2.24, 2.45) is 24.9 Å². The number of benzene rings is 2. The molecule has 2 fully saturated rings. The smallest absolute Gasteiger partial charge is 0.274 e. The summed E-state index contributed by atoms with van der Waals surface area (Å²) in [6, 6.07) is 16.7. The monoisotopic (exact) mass is 590 g/mol. The van der Waals surface area contributed by atoms with E-state index < -0.39 is 16.9 Å². The Bertz CT molecular complexity index is 1720. The van der Waals surface area contributed by atoms with Gasteiger partial charge >= 0.3 is 0 Å². The van der Waals surface area contributed by atoms with Crippen molar-refractivity contribution in [2.45, 2.75) is 45.6 Å². The lowest BCUT2D eigenvalue weighted by molar-refractivity contribution is -0.157. The number of rotatable bonds is 2. The summed E-state index contributed by atoms with van der Waals surface area (Å²) in [5, 5.41) is 21.2. The lowest BCUT2D eigenvalue weighted by atomic mass is 9.62. The van der Waals surface area contributed by atoms with E-state index in [-0.39, 0.29) is 11.8 Å². The molecule has 0 spiro atoms. The van der Waals surface area contributed by atoms with Crippen LogP contribution in [0.25, 0.3) is 22.5 Å². The zero-order chi connectivity index (χ0) is 30.5. The number of likely N-dealkylation sites (tertiary alicyclic amines) is 2. The van der Waals surface area contributed by atoms with Gasteiger partial charge in [0.2, 0.25) is 0 Å². The minimum atomic E-state index is -0.695. The molecule has 9 heteroatoms. The summed E-state index contributed by atoms with van der Waals surface area (Å²) in [5.74, 6) is -0.189. The molecule has 0 atom stereocenters. The number of fused-ring (bicyclic) bond motifs is 8. The molecule has 8 rings (SSSR count). The van der Waals surface area contributed by atoms with E-state index in [9.17, 15) is 14.7 Å². The Kier molecular flexibility index (Phi) is 5.82. The number of nitrogens with zero attached hydrogens (tertiary/aromatic N) is 6. The van der Waals surface area contributed by atoms with Gasteiger partial charge in [0, 0.05) is 73.4 Å². The lowest BCUT2D eigenvalue weighted by Crippen LogP contribution is -2.71. The van der Waals surface area contributed by atoms with Crippen molar-refractivity contribution in [3.05, 3.63) is 82.2 Å². The molecule has 1 N–H and O–H groups in total. The Hall–Kier alpha value is -4.24. The molecule has 2 aromatic carbocycles. The number of aliphatic hydroxyl groups is 1. The highest BCUT2D eigenvalue weighted by molar-refractivity contribution is 5.97. The molecule has 4 aromatic rings. The van der Waals surface area contributed by atoms with Crippen LogP contribution >= 0.6 is 0 Å². The maximum absolute atomic E-state index is 14.2. The highest BCUT2D eigenvalue weighted by Crippen LogP contribution is 2.47. The van der Waals surface area contributed by atoms with E-state index in [1.165, 1.54) is 11.1 Å². The molecule has 4 heterocycles. The van der Waals surface area contributed by atoms with Crippen molar-refractivity contribution in [1.29, 1.82) is 0 Å². The number of carbonyl (C=O) groups is 2. The Morgan fingerprint density at radius 2 is 1.07 bits per heavy atom. The second-order valence-corrected chi connectivity index (χ2v) is 13.9. The molecule has 2 aliphatic heterocycles. The zero-order valence-electron chi connectivity index (χ0n) is 25.8. The third-order valence-electron chi connectivity index (χ3n) is 10.6. The van der Waals surface area contributed by atoms with E-state index in [2.05, 4.69) is 36.4 Å². The van der Waals surface area contributed by atoms with Crippen LogP contribution in [0.15, 0.2) is 48.5 Å². The molecule has 2 bridgehead atoms. The normalized spacial score (nSPS) is 25.2. The van der Waals surface area contributed by atoms with Gasteiger partial charge in [0.1, 0.15) is 0 Å². The highest BCUT2D eigenvalue weighted by Gasteiger charge is 2.58. The first kappa shape index (κ1) is 27.3. The molecule has 2 saturated heterocycles. The fraction of sp³-hybridized carbons (Fsp3) is 0.429. The van der Waals surface area contributed by atoms with Crippen LogP contribution in [-0.4, -0.2) is 78.6 Å². The molecule has 2 amide bonds. The molecular weight excluding hydrogens is 552 g/mol. The number of aryl methyl sites for hydroxylation is 4. The lowest BCUT2D eigenvalue weighted by Gasteiger charge is -2.59. The van der Waals surface area contributed by atoms with E-state index in [1.54, 1.807) is 0 Å². The molecule has 9 nitrogen and oxygen atoms in total. The van der Waals surface area contributed by atoms with E-state index in [4.69, 9.17) is 10.2 Å². The third-order valence-corrected chi connectivity index (χ3v) is 10.6. The van der Waals surface area contributed by atoms with Crippen molar-refractivity contribution in [3.63, 3.8) is 0 Å². The minimum Gasteiger partial charge on any atom is -0.392 e. The van der Waals surface area contributed by atoms with Gasteiger partial charge in [-0.05, 0) is 36.8 Å². The van der Waals surface area contributed by atoms with Crippen LogP contribution in [0.5, 0.6) is 0 Å². The number of aliphatic hydroxyl groups excluding tert-OH is 1. The SMILES string of the molecule is Cn1nc(C(=O)N2CC3(C)CN(C(=O)c4nn(C)c5c4CCc4ccccc4-5)CC(C)(C2)C3O)c2c1-c1ccccc1CC2. The summed E-state index contributed by atoms with van der Waals surface area (Å²) in [6.07, 6.45) is 2.64. The van der Waals surface area contributed by atoms with Crippen molar-refractivity contribution in [2.75, 3.05) is 26.2 Å². The average molecular weight is 591 g/mol. The molecule has 0 radical (unpaired) electrons. The largest absolute Gasteiger partial charge is 0.392 e. The van der Waals surface area contributed by atoms with Crippen LogP contribution in [0.1, 0.15) is 57.1 Å². The summed E-state index contributed by atoms with van der Waals surface area (Å²) >= 11 is 0. The summed E-state index contributed by atoms with van der Waals surface area (Å²) in [7, 11) is 3.82. The number of piperidine rings is 2. The first-order valence-electron chi connectivity index (χ1n) is 15.6. The number of carbonyl (C=O) groups excluding carboxylic acids is 2. The molecule has 0 saturated carbocycles. The van der Waals surface area contributed by atoms with Gasteiger partial charge in [-0.15, -0.1) is 0 Å². The number of hydrogen-bond donors (Lipinski definition) is 1. The quantitative estimate of drug-likeness (QED) is 0.385. The average Bonchev–Trinajstić information content (AvgIpc) is 3.54. The maximum atomic E-state index is 14.2. The summed E-state index contributed by atoms with van der Waals surface area (Å²) in [4.78, 5) is 32.1. The fourth-order valence-electron chi connectivity index (χ4n) is 8.81. The van der Waals surface area contributed by atoms with Gasteiger partial charge in [-0.1, -0.05) is 62.4 Å². The van der Waals surface area contributed by atoms with Crippen LogP contribution in [-0.2, 0) is 39.8 Å². The number of amides is 2. The second kappa shape index (κ2) is 9.38. The molecular formula is C35H38N6O3. The van der Waals surface area contributed by atoms with E-state index in [1.807, 2.05) is 59.2 Å². The van der Waals surface area contributed by atoms with Crippen LogP contribution in [0, 0.1) is 10.8 Å². The highest BCUT2D eigenvalue weighted by atomic mass is 16.3. The Balaban J connectivity index is 1.09. The summed E-state index contributed by atoms with van der Waals surface area (Å²) in [6.45, 7) is 5.40. The van der Waals surface area contributed by atoms with Gasteiger partial charge < -0.3 is 14.9 Å². The predicted molar refractivity (Wildman–Crippen MR) is 166 cm³/mol. The molecule has 44 heavy (non-hydrogen) atoms. The van der Waals surface area contributed by atoms with Crippen LogP contribution in [0.4, 0.5) is 0 Å². The van der Waals surface area contributed by atoms with Crippen molar-refractivity contribution < 1.29 is 14.7 Å².